The quantitative estimate of drug-likeness (QED) is 0.161. The fourth-order valence-electron chi connectivity index (χ4n) is 9.63. The molecule has 2 aliphatic rings. The molecular weight excluding hydrogens is 935 g/mol. The van der Waals surface area contributed by atoms with E-state index in [0.29, 0.717) is 12.1 Å². The van der Waals surface area contributed by atoms with E-state index in [4.69, 9.17) is 0 Å². The molecule has 0 radical (unpaired) electrons. The number of nitrogens with zero attached hydrogens (tertiary/aromatic N) is 5. The van der Waals surface area contributed by atoms with Gasteiger partial charge in [-0.1, -0.05) is 165 Å². The third kappa shape index (κ3) is 22.0. The smallest absolute Gasteiger partial charge is 0.0371 e. The molecule has 428 valence electrons. The van der Waals surface area contributed by atoms with E-state index in [1.54, 1.807) is 0 Å². The molecule has 0 spiro atoms. The summed E-state index contributed by atoms with van der Waals surface area (Å²) in [4.78, 5) is 11.9. The zero-order chi connectivity index (χ0) is 58.3. The van der Waals surface area contributed by atoms with Gasteiger partial charge in [0.2, 0.25) is 0 Å². The molecule has 5 heteroatoms. The van der Waals surface area contributed by atoms with Crippen molar-refractivity contribution in [3.05, 3.63) is 149 Å². The van der Waals surface area contributed by atoms with E-state index in [-0.39, 0.29) is 32.6 Å². The highest BCUT2D eigenvalue weighted by Crippen LogP contribution is 2.31. The summed E-state index contributed by atoms with van der Waals surface area (Å²) in [5, 5.41) is 0. The van der Waals surface area contributed by atoms with Gasteiger partial charge in [0.15, 0.2) is 0 Å². The van der Waals surface area contributed by atoms with E-state index < -0.39 is 0 Å². The second-order valence-electron chi connectivity index (χ2n) is 28.9. The van der Waals surface area contributed by atoms with E-state index in [9.17, 15) is 0 Å². The second-order valence-corrected chi connectivity index (χ2v) is 28.9. The van der Waals surface area contributed by atoms with Crippen LogP contribution in [-0.2, 0) is 27.1 Å². The Hall–Kier alpha value is -4.90. The summed E-state index contributed by atoms with van der Waals surface area (Å²) >= 11 is 0. The van der Waals surface area contributed by atoms with Crippen LogP contribution in [0.25, 0.3) is 0 Å². The lowest BCUT2D eigenvalue weighted by molar-refractivity contribution is 0.538. The minimum Gasteiger partial charge on any atom is -0.378 e. The highest BCUT2D eigenvalue weighted by Gasteiger charge is 2.21. The predicted octanol–water partition coefficient (Wildman–Crippen LogP) is 19.4. The van der Waals surface area contributed by atoms with Gasteiger partial charge < -0.3 is 24.5 Å². The fraction of sp³-hybridized carbons (Fsp3) is 0.583. The van der Waals surface area contributed by atoms with Gasteiger partial charge in [0.1, 0.15) is 0 Å². The van der Waals surface area contributed by atoms with Crippen LogP contribution in [0.5, 0.6) is 0 Å². The lowest BCUT2D eigenvalue weighted by Gasteiger charge is -2.34. The van der Waals surface area contributed by atoms with Crippen molar-refractivity contribution in [2.75, 3.05) is 71.8 Å². The molecule has 5 aromatic carbocycles. The van der Waals surface area contributed by atoms with Gasteiger partial charge in [0, 0.05) is 93.4 Å². The van der Waals surface area contributed by atoms with Gasteiger partial charge in [-0.25, -0.2) is 0 Å². The van der Waals surface area contributed by atoms with Gasteiger partial charge >= 0.3 is 0 Å². The molecule has 5 nitrogen and oxygen atoms in total. The van der Waals surface area contributed by atoms with Crippen molar-refractivity contribution in [3.8, 4) is 0 Å². The molecule has 2 aliphatic heterocycles. The monoisotopic (exact) mass is 1050 g/mol. The molecule has 2 fully saturated rings. The van der Waals surface area contributed by atoms with Gasteiger partial charge in [-0.15, -0.1) is 0 Å². The molecule has 77 heavy (non-hydrogen) atoms. The minimum absolute atomic E-state index is 0.170. The summed E-state index contributed by atoms with van der Waals surface area (Å²) in [6, 6.07) is 45.9. The van der Waals surface area contributed by atoms with Crippen LogP contribution in [0, 0.1) is 0 Å². The molecule has 0 N–H and O–H groups in total. The summed E-state index contributed by atoms with van der Waals surface area (Å²) in [6.07, 6.45) is 6.79. The van der Waals surface area contributed by atoms with Gasteiger partial charge in [0.05, 0.1) is 0 Å². The van der Waals surface area contributed by atoms with Crippen LogP contribution in [0.2, 0.25) is 0 Å². The van der Waals surface area contributed by atoms with Crippen LogP contribution < -0.4 is 24.5 Å². The average Bonchev–Trinajstić information content (AvgIpc) is 3.89. The topological polar surface area (TPSA) is 16.2 Å². The third-order valence-electron chi connectivity index (χ3n) is 15.2. The lowest BCUT2D eigenvalue weighted by Crippen LogP contribution is -2.38. The SMILES string of the molecule is CC(C)(C)c1ccc(N2CCCC2)cc1.CC(C)(C)c1ccc(N2CCCCC2)cc1.CC(C)N(c1ccc(C(C)(C)C)cc1)C(C)C.CN(C)c1ccc(C(C)(C)C)cc1.CN(c1ccc(C(C)(C)C)cc1)C(C)(C)C. The molecular formula is C72H115N5. The number of hydrogen-bond acceptors (Lipinski definition) is 5. The lowest BCUT2D eigenvalue weighted by atomic mass is 9.87. The zero-order valence-corrected chi connectivity index (χ0v) is 54.3. The number of rotatable bonds is 7. The number of benzene rings is 5. The van der Waals surface area contributed by atoms with E-state index in [1.165, 1.54) is 115 Å². The Labute approximate surface area is 476 Å². The molecule has 5 aromatic rings. The molecule has 2 heterocycles. The van der Waals surface area contributed by atoms with Gasteiger partial charge in [-0.3, -0.25) is 0 Å². The Morgan fingerprint density at radius 1 is 0.312 bits per heavy atom. The fourth-order valence-corrected chi connectivity index (χ4v) is 9.63. The van der Waals surface area contributed by atoms with Gasteiger partial charge in [-0.2, -0.15) is 0 Å². The van der Waals surface area contributed by atoms with Crippen molar-refractivity contribution in [1.82, 2.24) is 0 Å². The summed E-state index contributed by atoms with van der Waals surface area (Å²) in [6.45, 7) is 54.4. The van der Waals surface area contributed by atoms with Crippen LogP contribution in [-0.4, -0.2) is 64.9 Å². The van der Waals surface area contributed by atoms with E-state index in [2.05, 4.69) is 319 Å². The predicted molar refractivity (Wildman–Crippen MR) is 348 cm³/mol. The molecule has 0 amide bonds. The van der Waals surface area contributed by atoms with Crippen molar-refractivity contribution >= 4 is 28.4 Å². The van der Waals surface area contributed by atoms with Crippen LogP contribution in [0.15, 0.2) is 121 Å². The highest BCUT2D eigenvalue weighted by molar-refractivity contribution is 5.53. The molecule has 0 aromatic heterocycles. The highest BCUT2D eigenvalue weighted by atomic mass is 15.2. The maximum atomic E-state index is 2.51. The van der Waals surface area contributed by atoms with Gasteiger partial charge in [0.25, 0.3) is 0 Å². The number of hydrogen-bond donors (Lipinski definition) is 0. The second kappa shape index (κ2) is 28.3. The van der Waals surface area contributed by atoms with E-state index >= 15 is 0 Å². The zero-order valence-electron chi connectivity index (χ0n) is 54.3. The van der Waals surface area contributed by atoms with Crippen molar-refractivity contribution in [2.45, 2.75) is 229 Å². The molecule has 2 saturated heterocycles. The van der Waals surface area contributed by atoms with Crippen LogP contribution in [0.4, 0.5) is 28.4 Å². The van der Waals surface area contributed by atoms with Crippen LogP contribution in [0.1, 0.15) is 212 Å². The third-order valence-corrected chi connectivity index (χ3v) is 15.2. The summed E-state index contributed by atoms with van der Waals surface area (Å²) < 4.78 is 0. The average molecular weight is 1050 g/mol. The Balaban J connectivity index is 0.000000254. The molecule has 0 aliphatic carbocycles. The van der Waals surface area contributed by atoms with Gasteiger partial charge in [-0.05, 0) is 196 Å². The van der Waals surface area contributed by atoms with Crippen molar-refractivity contribution < 1.29 is 0 Å². The van der Waals surface area contributed by atoms with E-state index in [1.807, 2.05) is 0 Å². The summed E-state index contributed by atoms with van der Waals surface area (Å²) in [5.41, 5.74) is 15.1. The molecule has 0 atom stereocenters. The van der Waals surface area contributed by atoms with Crippen molar-refractivity contribution in [3.63, 3.8) is 0 Å². The Morgan fingerprint density at radius 2 is 0.545 bits per heavy atom. The standard InChI is InChI=1S/C16H27N.C15H23N.C15H25N.C14H21N.C12H19N/c1-12(2)17(13(3)4)15-10-8-14(9-11-15)16(5,6)7;1-15(2,3)13-7-9-14(10-8-13)16-11-5-4-6-12-16;1-14(2,3)12-8-10-13(11-9-12)16(7)15(4,5)6;1-14(2,3)12-6-8-13(9-7-12)15-10-4-5-11-15;1-12(2,3)10-6-8-11(9-7-10)13(4)5/h8-13H,1-7H3;7-10H,4-6,11-12H2,1-3H3;8-11H,1-7H3;6-9H,4-5,10-11H2,1-3H3;6-9H,1-5H3. The molecule has 7 rings (SSSR count). The largest absolute Gasteiger partial charge is 0.378 e. The molecule has 0 bridgehead atoms. The first-order chi connectivity index (χ1) is 35.4. The normalized spacial score (nSPS) is 14.3. The summed E-state index contributed by atoms with van der Waals surface area (Å²) in [7, 11) is 6.27. The number of anilines is 5. The first kappa shape index (κ1) is 66.4. The number of piperidine rings is 1. The Kier molecular flexibility index (Phi) is 24.4. The first-order valence-electron chi connectivity index (χ1n) is 29.6. The maximum Gasteiger partial charge on any atom is 0.0371 e. The minimum atomic E-state index is 0.170. The molecule has 0 unspecified atom stereocenters. The van der Waals surface area contributed by atoms with E-state index in [0.717, 1.165) is 0 Å². The first-order valence-corrected chi connectivity index (χ1v) is 29.6. The Morgan fingerprint density at radius 3 is 0.779 bits per heavy atom. The summed E-state index contributed by atoms with van der Waals surface area (Å²) in [5.74, 6) is 0. The molecule has 0 saturated carbocycles. The van der Waals surface area contributed by atoms with Crippen molar-refractivity contribution in [2.24, 2.45) is 0 Å². The van der Waals surface area contributed by atoms with Crippen LogP contribution in [0.3, 0.4) is 0 Å². The Bertz CT molecular complexity index is 2380. The van der Waals surface area contributed by atoms with Crippen molar-refractivity contribution in [1.29, 1.82) is 0 Å². The maximum absolute atomic E-state index is 2.51. The van der Waals surface area contributed by atoms with Crippen LogP contribution >= 0.6 is 0 Å².